The van der Waals surface area contributed by atoms with Gasteiger partial charge < -0.3 is 5.73 Å². The van der Waals surface area contributed by atoms with Crippen LogP contribution in [-0.2, 0) is 24.2 Å². The molecule has 13 heteroatoms. The predicted molar refractivity (Wildman–Crippen MR) is 92.0 cm³/mol. The number of carbonyl (C=O) groups excluding carboxylic acids is 1. The summed E-state index contributed by atoms with van der Waals surface area (Å²) in [5.74, 6) is -1.25. The molecule has 0 saturated carbocycles. The fourth-order valence-corrected chi connectivity index (χ4v) is 2.53. The molecule has 3 rings (SSSR count). The number of nitrogens with two attached hydrogens (primary N) is 1. The molecule has 0 radical (unpaired) electrons. The van der Waals surface area contributed by atoms with Crippen LogP contribution in [0.15, 0.2) is 36.9 Å². The number of aryl methyl sites for hydroxylation is 1. The maximum absolute atomic E-state index is 13.0. The summed E-state index contributed by atoms with van der Waals surface area (Å²) in [4.78, 5) is 15.4. The van der Waals surface area contributed by atoms with Crippen LogP contribution < -0.4 is 5.73 Å². The summed E-state index contributed by atoms with van der Waals surface area (Å²) >= 11 is 0. The predicted octanol–water partition coefficient (Wildman–Crippen LogP) is 3.20. The summed E-state index contributed by atoms with van der Waals surface area (Å²) < 4.78 is 80.5. The van der Waals surface area contributed by atoms with Gasteiger partial charge in [0.2, 0.25) is 0 Å². The summed E-state index contributed by atoms with van der Waals surface area (Å²) in [6.07, 6.45) is -5.03. The number of carbonyl (C=O) groups is 1. The molecule has 0 aliphatic heterocycles. The Balaban J connectivity index is 2.06. The fourth-order valence-electron chi connectivity index (χ4n) is 2.53. The van der Waals surface area contributed by atoms with E-state index in [1.54, 1.807) is 7.05 Å². The number of hydrogen-bond acceptors (Lipinski definition) is 4. The van der Waals surface area contributed by atoms with Gasteiger partial charge in [0.15, 0.2) is 5.82 Å². The quantitative estimate of drug-likeness (QED) is 0.508. The van der Waals surface area contributed by atoms with Crippen molar-refractivity contribution < 1.29 is 31.1 Å². The van der Waals surface area contributed by atoms with Gasteiger partial charge in [0.05, 0.1) is 22.9 Å². The van der Waals surface area contributed by atoms with Crippen LogP contribution in [0.5, 0.6) is 0 Å². The van der Waals surface area contributed by atoms with Gasteiger partial charge in [-0.1, -0.05) is 0 Å². The second-order valence-electron chi connectivity index (χ2n) is 6.15. The number of benzene rings is 1. The average Bonchev–Trinajstić information content (AvgIpc) is 3.26. The Morgan fingerprint density at radius 1 is 1.07 bits per heavy atom. The van der Waals surface area contributed by atoms with Crippen molar-refractivity contribution >= 4 is 17.7 Å². The monoisotopic (exact) mass is 430 g/mol. The van der Waals surface area contributed by atoms with E-state index >= 15 is 0 Å². The van der Waals surface area contributed by atoms with E-state index in [-0.39, 0.29) is 11.6 Å². The van der Waals surface area contributed by atoms with E-state index in [2.05, 4.69) is 15.2 Å². The Morgan fingerprint density at radius 2 is 1.67 bits per heavy atom. The number of aromatic nitrogens is 5. The highest BCUT2D eigenvalue weighted by Crippen LogP contribution is 2.38. The van der Waals surface area contributed by atoms with E-state index in [9.17, 15) is 31.1 Å². The summed E-state index contributed by atoms with van der Waals surface area (Å²) in [5.41, 5.74) is 2.13. The van der Waals surface area contributed by atoms with Gasteiger partial charge in [0.1, 0.15) is 6.33 Å². The Hall–Kier alpha value is -3.64. The smallest absolute Gasteiger partial charge is 0.366 e. The van der Waals surface area contributed by atoms with E-state index in [1.807, 2.05) is 0 Å². The van der Waals surface area contributed by atoms with Crippen LogP contribution in [0.25, 0.3) is 23.2 Å². The largest absolute Gasteiger partial charge is 0.416 e. The third-order valence-corrected chi connectivity index (χ3v) is 3.90. The Bertz CT molecular complexity index is 1090. The highest BCUT2D eigenvalue weighted by molar-refractivity contribution is 6.22. The normalized spacial score (nSPS) is 13.0. The molecule has 1 amide bonds. The molecular weight excluding hydrogens is 418 g/mol. The van der Waals surface area contributed by atoms with E-state index in [4.69, 9.17) is 5.73 Å². The minimum Gasteiger partial charge on any atom is -0.366 e. The Labute approximate surface area is 164 Å². The van der Waals surface area contributed by atoms with Crippen LogP contribution in [0.2, 0.25) is 0 Å². The van der Waals surface area contributed by atoms with Crippen LogP contribution in [0.3, 0.4) is 0 Å². The van der Waals surface area contributed by atoms with Gasteiger partial charge in [-0.3, -0.25) is 9.48 Å². The van der Waals surface area contributed by atoms with Crippen molar-refractivity contribution in [3.8, 4) is 11.4 Å². The summed E-state index contributed by atoms with van der Waals surface area (Å²) in [5, 5.41) is 7.73. The molecule has 0 aliphatic rings. The lowest BCUT2D eigenvalue weighted by Crippen LogP contribution is -2.13. The van der Waals surface area contributed by atoms with Crippen LogP contribution >= 0.6 is 0 Å². The number of rotatable bonds is 4. The van der Waals surface area contributed by atoms with Gasteiger partial charge >= 0.3 is 12.4 Å². The van der Waals surface area contributed by atoms with E-state index < -0.39 is 40.8 Å². The van der Waals surface area contributed by atoms with Gasteiger partial charge in [-0.05, 0) is 18.2 Å². The summed E-state index contributed by atoms with van der Waals surface area (Å²) in [7, 11) is 1.60. The summed E-state index contributed by atoms with van der Waals surface area (Å²) in [6.45, 7) is 0. The highest BCUT2D eigenvalue weighted by atomic mass is 19.4. The minimum atomic E-state index is -5.00. The van der Waals surface area contributed by atoms with E-state index in [0.717, 1.165) is 17.2 Å². The number of alkyl halides is 6. The number of primary amides is 1. The zero-order valence-corrected chi connectivity index (χ0v) is 15.0. The lowest BCUT2D eigenvalue weighted by Gasteiger charge is -2.13. The molecule has 2 N–H and O–H groups in total. The molecule has 3 aromatic rings. The van der Waals surface area contributed by atoms with Gasteiger partial charge in [-0.2, -0.15) is 31.4 Å². The molecule has 0 spiro atoms. The number of halogens is 6. The lowest BCUT2D eigenvalue weighted by molar-refractivity contribution is -0.143. The first-order valence-corrected chi connectivity index (χ1v) is 8.06. The van der Waals surface area contributed by atoms with Gasteiger partial charge in [-0.25, -0.2) is 9.67 Å². The second-order valence-corrected chi connectivity index (χ2v) is 6.15. The first-order chi connectivity index (χ1) is 13.8. The van der Waals surface area contributed by atoms with Crippen molar-refractivity contribution in [3.63, 3.8) is 0 Å². The molecule has 2 aromatic heterocycles. The zero-order valence-electron chi connectivity index (χ0n) is 15.0. The minimum absolute atomic E-state index is 0.00793. The number of amides is 1. The lowest BCUT2D eigenvalue weighted by atomic mass is 10.0. The Kier molecular flexibility index (Phi) is 5.14. The van der Waals surface area contributed by atoms with Crippen LogP contribution in [-0.4, -0.2) is 30.5 Å². The van der Waals surface area contributed by atoms with Crippen molar-refractivity contribution in [3.05, 3.63) is 53.6 Å². The van der Waals surface area contributed by atoms with E-state index in [0.29, 0.717) is 17.7 Å². The van der Waals surface area contributed by atoms with Crippen molar-refractivity contribution in [1.29, 1.82) is 0 Å². The molecule has 158 valence electrons. The standard InChI is InChI=1S/C17H12F6N6O/c1-28-6-10(5-26-28)13(14(24)30)7-29-8-25-15(27-29)9-2-11(16(18,19)20)4-12(3-9)17(21,22)23/h2-8H,1H3,(H2,24,30)/b13-7-. The Morgan fingerprint density at radius 3 is 2.13 bits per heavy atom. The van der Waals surface area contributed by atoms with Crippen LogP contribution in [0.1, 0.15) is 16.7 Å². The van der Waals surface area contributed by atoms with Crippen molar-refractivity contribution in [2.75, 3.05) is 0 Å². The fraction of sp³-hybridized carbons (Fsp3) is 0.176. The maximum atomic E-state index is 13.0. The van der Waals surface area contributed by atoms with Gasteiger partial charge in [0, 0.05) is 30.6 Å². The highest BCUT2D eigenvalue weighted by Gasteiger charge is 2.37. The van der Waals surface area contributed by atoms with Gasteiger partial charge in [0.25, 0.3) is 5.91 Å². The molecule has 0 aliphatic carbocycles. The van der Waals surface area contributed by atoms with Crippen LogP contribution in [0.4, 0.5) is 26.3 Å². The average molecular weight is 430 g/mol. The SMILES string of the molecule is Cn1cc(/C(=C/n2cnc(-c3cc(C(F)(F)F)cc(C(F)(F)F)c3)n2)C(N)=O)cn1. The van der Waals surface area contributed by atoms with Gasteiger partial charge in [-0.15, -0.1) is 5.10 Å². The molecule has 0 atom stereocenters. The molecule has 0 unspecified atom stereocenters. The van der Waals surface area contributed by atoms with E-state index in [1.165, 1.54) is 17.1 Å². The molecule has 0 bridgehead atoms. The number of nitrogens with zero attached hydrogens (tertiary/aromatic N) is 5. The van der Waals surface area contributed by atoms with Crippen molar-refractivity contribution in [2.24, 2.45) is 12.8 Å². The molecular formula is C17H12F6N6O. The third-order valence-electron chi connectivity index (χ3n) is 3.90. The first kappa shape index (κ1) is 21.1. The zero-order chi connectivity index (χ0) is 22.3. The summed E-state index contributed by atoms with van der Waals surface area (Å²) in [6, 6.07) is 1.03. The maximum Gasteiger partial charge on any atom is 0.416 e. The molecule has 1 aromatic carbocycles. The van der Waals surface area contributed by atoms with Crippen LogP contribution in [0, 0.1) is 0 Å². The third kappa shape index (κ3) is 4.50. The topological polar surface area (TPSA) is 91.6 Å². The number of hydrogen-bond donors (Lipinski definition) is 1. The molecule has 0 fully saturated rings. The molecule has 7 nitrogen and oxygen atoms in total. The van der Waals surface area contributed by atoms with Crippen molar-refractivity contribution in [1.82, 2.24) is 24.5 Å². The second kappa shape index (κ2) is 7.31. The molecule has 2 heterocycles. The van der Waals surface area contributed by atoms with Crippen molar-refractivity contribution in [2.45, 2.75) is 12.4 Å². The molecule has 0 saturated heterocycles. The molecule has 30 heavy (non-hydrogen) atoms. The first-order valence-electron chi connectivity index (χ1n) is 8.06.